The lowest BCUT2D eigenvalue weighted by Gasteiger charge is -2.24. The van der Waals surface area contributed by atoms with Crippen LogP contribution in [0, 0.1) is 5.92 Å². The van der Waals surface area contributed by atoms with E-state index in [9.17, 15) is 33.1 Å². The number of hydrazine groups is 1. The van der Waals surface area contributed by atoms with Gasteiger partial charge < -0.3 is 4.55 Å². The number of ketones is 1. The zero-order valence-electron chi connectivity index (χ0n) is 15.3. The number of hydrogen-bond donors (Lipinski definition) is 2. The molecule has 3 amide bonds. The molecule has 0 aromatic rings. The molecule has 1 heterocycles. The number of nitrogens with zero attached hydrogens (tertiary/aromatic N) is 2. The molecule has 1 aliphatic heterocycles. The normalized spacial score (nSPS) is 18.0. The van der Waals surface area contributed by atoms with Crippen molar-refractivity contribution in [3.05, 3.63) is 0 Å². The molecule has 1 aliphatic rings. The Balaban J connectivity index is 2.51. The van der Waals surface area contributed by atoms with Crippen molar-refractivity contribution in [1.82, 2.24) is 14.9 Å². The molecular formula is C16H26N3O7S-. The van der Waals surface area contributed by atoms with E-state index in [2.05, 4.69) is 6.92 Å². The van der Waals surface area contributed by atoms with Crippen molar-refractivity contribution in [2.24, 2.45) is 5.92 Å². The van der Waals surface area contributed by atoms with Crippen molar-refractivity contribution >= 4 is 34.8 Å². The monoisotopic (exact) mass is 404 g/mol. The minimum atomic E-state index is -2.83. The quantitative estimate of drug-likeness (QED) is 0.114. The number of carbonyl (C=O) groups excluding carboxylic acids is 4. The molecule has 27 heavy (non-hydrogen) atoms. The maximum atomic E-state index is 12.2. The van der Waals surface area contributed by atoms with Crippen LogP contribution in [0.15, 0.2) is 0 Å². The second-order valence-corrected chi connectivity index (χ2v) is 7.10. The first kappa shape index (κ1) is 23.3. The highest BCUT2D eigenvalue weighted by molar-refractivity contribution is 7.77. The van der Waals surface area contributed by atoms with Crippen LogP contribution >= 0.6 is 0 Å². The zero-order chi connectivity index (χ0) is 20.4. The van der Waals surface area contributed by atoms with E-state index in [-0.39, 0.29) is 11.5 Å². The van der Waals surface area contributed by atoms with Gasteiger partial charge in [0.2, 0.25) is 5.91 Å². The summed E-state index contributed by atoms with van der Waals surface area (Å²) in [6.45, 7) is 1.43. The van der Waals surface area contributed by atoms with Crippen molar-refractivity contribution in [3.8, 4) is 0 Å². The van der Waals surface area contributed by atoms with Crippen molar-refractivity contribution in [2.75, 3.05) is 6.54 Å². The number of nitrogens with one attached hydrogen (secondary N) is 1. The number of amides is 3. The molecule has 0 aliphatic carbocycles. The first-order valence-electron chi connectivity index (χ1n) is 9.02. The van der Waals surface area contributed by atoms with E-state index in [0.717, 1.165) is 32.1 Å². The van der Waals surface area contributed by atoms with E-state index in [4.69, 9.17) is 0 Å². The lowest BCUT2D eigenvalue weighted by atomic mass is 10.0. The lowest BCUT2D eigenvalue weighted by molar-refractivity contribution is -0.172. The Morgan fingerprint density at radius 3 is 2.33 bits per heavy atom. The number of unbranched alkanes of at least 4 members (excludes halogenated alkanes) is 6. The van der Waals surface area contributed by atoms with E-state index in [0.29, 0.717) is 11.4 Å². The van der Waals surface area contributed by atoms with E-state index >= 15 is 0 Å². The summed E-state index contributed by atoms with van der Waals surface area (Å²) in [5.74, 6) is -4.83. The third-order valence-electron chi connectivity index (χ3n) is 4.30. The van der Waals surface area contributed by atoms with Crippen LogP contribution in [0.1, 0.15) is 64.7 Å². The predicted molar refractivity (Wildman–Crippen MR) is 93.1 cm³/mol. The Hall–Kier alpha value is -1.69. The Bertz CT molecular complexity index is 584. The highest BCUT2D eigenvalue weighted by Crippen LogP contribution is 2.19. The molecule has 1 fully saturated rings. The van der Waals surface area contributed by atoms with Crippen molar-refractivity contribution in [3.63, 3.8) is 0 Å². The van der Waals surface area contributed by atoms with Crippen LogP contribution in [0.2, 0.25) is 0 Å². The van der Waals surface area contributed by atoms with Crippen LogP contribution in [-0.2, 0) is 30.4 Å². The van der Waals surface area contributed by atoms with Gasteiger partial charge in [0, 0.05) is 24.1 Å². The van der Waals surface area contributed by atoms with E-state index < -0.39 is 53.7 Å². The third-order valence-corrected chi connectivity index (χ3v) is 4.67. The SMILES string of the molecule is CCCCCCCCCC(=O)N(CC(=O)C1CC(=O)N(O)C1=O)NS(=O)[O-]. The fourth-order valence-corrected chi connectivity index (χ4v) is 3.11. The standard InChI is InChI=1S/C16H27N3O7S/c1-2-3-4-5-6-7-8-9-14(21)18(17-27(25)26)11-13(20)12-10-15(22)19(24)16(12)23/h12,17,24H,2-11H2,1H3,(H,25,26)/p-1. The first-order chi connectivity index (χ1) is 12.8. The summed E-state index contributed by atoms with van der Waals surface area (Å²) >= 11 is -2.83. The number of carbonyl (C=O) groups is 4. The largest absolute Gasteiger partial charge is 0.759 e. The molecule has 2 unspecified atom stereocenters. The summed E-state index contributed by atoms with van der Waals surface area (Å²) < 4.78 is 21.8. The van der Waals surface area contributed by atoms with Crippen molar-refractivity contribution in [1.29, 1.82) is 0 Å². The summed E-state index contributed by atoms with van der Waals surface area (Å²) in [6.07, 6.45) is 6.40. The van der Waals surface area contributed by atoms with Crippen LogP contribution < -0.4 is 4.83 Å². The molecule has 0 bridgehead atoms. The molecule has 2 N–H and O–H groups in total. The number of hydroxylamine groups is 2. The van der Waals surface area contributed by atoms with Gasteiger partial charge in [0.1, 0.15) is 5.92 Å². The molecule has 11 heteroatoms. The van der Waals surface area contributed by atoms with Crippen molar-refractivity contribution in [2.45, 2.75) is 64.7 Å². The Morgan fingerprint density at radius 2 is 1.81 bits per heavy atom. The van der Waals surface area contributed by atoms with Gasteiger partial charge in [-0.1, -0.05) is 45.4 Å². The second-order valence-electron chi connectivity index (χ2n) is 6.44. The Kier molecular flexibility index (Phi) is 10.3. The molecular weight excluding hydrogens is 378 g/mol. The first-order valence-corrected chi connectivity index (χ1v) is 10.1. The molecule has 0 spiro atoms. The molecule has 10 nitrogen and oxygen atoms in total. The van der Waals surface area contributed by atoms with Gasteiger partial charge in [-0.15, -0.1) is 0 Å². The maximum absolute atomic E-state index is 12.2. The summed E-state index contributed by atoms with van der Waals surface area (Å²) in [5.41, 5.74) is 0. The lowest BCUT2D eigenvalue weighted by Crippen LogP contribution is -2.48. The Morgan fingerprint density at radius 1 is 1.22 bits per heavy atom. The van der Waals surface area contributed by atoms with Crippen LogP contribution in [0.3, 0.4) is 0 Å². The van der Waals surface area contributed by atoms with E-state index in [1.165, 1.54) is 6.42 Å². The maximum Gasteiger partial charge on any atom is 0.264 e. The number of Topliss-reactive ketones (excluding diaryl/α,β-unsaturated/α-hetero) is 1. The van der Waals surface area contributed by atoms with Gasteiger partial charge in [-0.05, 0) is 6.42 Å². The number of hydrogen-bond acceptors (Lipinski definition) is 7. The molecule has 0 saturated carbocycles. The topological polar surface area (TPSA) is 147 Å². The average molecular weight is 404 g/mol. The molecule has 2 atom stereocenters. The van der Waals surface area contributed by atoms with Crippen LogP contribution in [-0.4, -0.2) is 54.1 Å². The molecule has 0 aromatic carbocycles. The summed E-state index contributed by atoms with van der Waals surface area (Å²) in [7, 11) is 0. The molecule has 1 saturated heterocycles. The predicted octanol–water partition coefficient (Wildman–Crippen LogP) is 0.588. The van der Waals surface area contributed by atoms with E-state index in [1.807, 2.05) is 4.83 Å². The summed E-state index contributed by atoms with van der Waals surface area (Å²) in [6, 6.07) is 0. The highest BCUT2D eigenvalue weighted by Gasteiger charge is 2.43. The zero-order valence-corrected chi connectivity index (χ0v) is 16.2. The third kappa shape index (κ3) is 7.83. The number of imide groups is 1. The van der Waals surface area contributed by atoms with Gasteiger partial charge in [0.25, 0.3) is 11.8 Å². The van der Waals surface area contributed by atoms with Crippen LogP contribution in [0.4, 0.5) is 0 Å². The van der Waals surface area contributed by atoms with Crippen LogP contribution in [0.5, 0.6) is 0 Å². The number of rotatable bonds is 13. The van der Waals surface area contributed by atoms with Crippen molar-refractivity contribution < 1.29 is 33.1 Å². The van der Waals surface area contributed by atoms with Gasteiger partial charge >= 0.3 is 0 Å². The molecule has 1 rings (SSSR count). The molecule has 154 valence electrons. The second kappa shape index (κ2) is 11.9. The minimum absolute atomic E-state index is 0.0505. The molecule has 0 aromatic heterocycles. The van der Waals surface area contributed by atoms with Gasteiger partial charge in [-0.3, -0.25) is 33.6 Å². The fourth-order valence-electron chi connectivity index (χ4n) is 2.77. The average Bonchev–Trinajstić information content (AvgIpc) is 2.87. The summed E-state index contributed by atoms with van der Waals surface area (Å²) in [4.78, 5) is 49.1. The smallest absolute Gasteiger partial charge is 0.264 e. The van der Waals surface area contributed by atoms with E-state index in [1.54, 1.807) is 0 Å². The van der Waals surface area contributed by atoms with Gasteiger partial charge in [-0.2, -0.15) is 9.89 Å². The van der Waals surface area contributed by atoms with Gasteiger partial charge in [0.05, 0.1) is 6.54 Å². The molecule has 0 radical (unpaired) electrons. The van der Waals surface area contributed by atoms with Gasteiger partial charge in [-0.25, -0.2) is 0 Å². The van der Waals surface area contributed by atoms with Crippen LogP contribution in [0.25, 0.3) is 0 Å². The van der Waals surface area contributed by atoms with Gasteiger partial charge in [0.15, 0.2) is 5.78 Å². The fraction of sp³-hybridized carbons (Fsp3) is 0.750. The summed E-state index contributed by atoms with van der Waals surface area (Å²) in [5, 5.41) is 9.67. The minimum Gasteiger partial charge on any atom is -0.759 e. The Labute approximate surface area is 160 Å². The highest BCUT2D eigenvalue weighted by atomic mass is 32.2.